The maximum absolute atomic E-state index is 4.29. The Morgan fingerprint density at radius 2 is 1.92 bits per heavy atom. The Morgan fingerprint density at radius 3 is 2.25 bits per heavy atom. The van der Waals surface area contributed by atoms with Gasteiger partial charge in [0.1, 0.15) is 5.84 Å². The zero-order valence-electron chi connectivity index (χ0n) is 8.37. The molecule has 0 aromatic carbocycles. The monoisotopic (exact) mass is 186 g/mol. The molecule has 0 aromatic rings. The summed E-state index contributed by atoms with van der Waals surface area (Å²) in [7, 11) is 0. The summed E-state index contributed by atoms with van der Waals surface area (Å²) in [4.78, 5) is 3.86. The van der Waals surface area contributed by atoms with Crippen LogP contribution in [0.25, 0.3) is 0 Å². The maximum atomic E-state index is 4.29. The first kappa shape index (κ1) is 11.7. The Morgan fingerprint density at radius 1 is 1.33 bits per heavy atom. The predicted octanol–water partition coefficient (Wildman–Crippen LogP) is 3.05. The van der Waals surface area contributed by atoms with Gasteiger partial charge < -0.3 is 0 Å². The second-order valence-electron chi connectivity index (χ2n) is 3.45. The van der Waals surface area contributed by atoms with E-state index in [9.17, 15) is 0 Å². The van der Waals surface area contributed by atoms with E-state index >= 15 is 0 Å². The highest BCUT2D eigenvalue weighted by atomic mass is 32.2. The Balaban J connectivity index is 3.86. The molecule has 0 aliphatic carbocycles. The molecule has 0 rings (SSSR count). The Bertz CT molecular complexity index is 162. The lowest BCUT2D eigenvalue weighted by atomic mass is 10.2. The highest BCUT2D eigenvalue weighted by molar-refractivity contribution is 7.98. The lowest BCUT2D eigenvalue weighted by Gasteiger charge is -2.04. The van der Waals surface area contributed by atoms with Crippen LogP contribution in [0.15, 0.2) is 9.39 Å². The summed E-state index contributed by atoms with van der Waals surface area (Å²) in [6.45, 7) is 12.0. The molecule has 0 amide bonds. The van der Waals surface area contributed by atoms with E-state index in [2.05, 4.69) is 43.8 Å². The number of rotatable bonds is 4. The van der Waals surface area contributed by atoms with E-state index in [0.717, 1.165) is 11.6 Å². The second-order valence-corrected chi connectivity index (χ2v) is 4.23. The van der Waals surface area contributed by atoms with Gasteiger partial charge in [-0.1, -0.05) is 27.7 Å². The summed E-state index contributed by atoms with van der Waals surface area (Å²) >= 11 is 1.58. The lowest BCUT2D eigenvalue weighted by Crippen LogP contribution is -2.02. The van der Waals surface area contributed by atoms with Crippen molar-refractivity contribution < 1.29 is 0 Å². The summed E-state index contributed by atoms with van der Waals surface area (Å²) in [6.07, 6.45) is 0. The highest BCUT2D eigenvalue weighted by Crippen LogP contribution is 2.11. The van der Waals surface area contributed by atoms with Crippen LogP contribution in [0.4, 0.5) is 0 Å². The van der Waals surface area contributed by atoms with Gasteiger partial charge in [0.15, 0.2) is 0 Å². The number of amidine groups is 1. The molecule has 0 saturated carbocycles. The molecule has 0 atom stereocenters. The third-order valence-corrected chi connectivity index (χ3v) is 2.38. The van der Waals surface area contributed by atoms with Gasteiger partial charge in [0, 0.05) is 11.7 Å². The molecule has 0 fully saturated rings. The van der Waals surface area contributed by atoms with Crippen molar-refractivity contribution in [2.24, 2.45) is 21.2 Å². The maximum Gasteiger partial charge on any atom is 0.138 e. The van der Waals surface area contributed by atoms with Crippen molar-refractivity contribution in [1.82, 2.24) is 0 Å². The van der Waals surface area contributed by atoms with Crippen molar-refractivity contribution in [3.63, 3.8) is 0 Å². The van der Waals surface area contributed by atoms with Gasteiger partial charge in [-0.15, -0.1) is 0 Å². The van der Waals surface area contributed by atoms with Crippen LogP contribution >= 0.6 is 11.9 Å². The highest BCUT2D eigenvalue weighted by Gasteiger charge is 2.01. The number of hydrogen-bond acceptors (Lipinski definition) is 2. The van der Waals surface area contributed by atoms with E-state index in [1.54, 1.807) is 11.9 Å². The van der Waals surface area contributed by atoms with Crippen molar-refractivity contribution in [2.75, 3.05) is 5.75 Å². The normalized spacial score (nSPS) is 12.7. The van der Waals surface area contributed by atoms with Gasteiger partial charge in [-0.2, -0.15) is 0 Å². The standard InChI is InChI=1S/C9H18N2S/c1-7(2)6-12-11-9(10-5)8(3)4/h7-8H,5-6H2,1-4H3. The van der Waals surface area contributed by atoms with Gasteiger partial charge in [0.05, 0.1) is 0 Å². The molecule has 0 aromatic heterocycles. The molecule has 0 N–H and O–H groups in total. The van der Waals surface area contributed by atoms with Crippen molar-refractivity contribution >= 4 is 24.5 Å². The number of aliphatic imine (C=N–C) groups is 1. The zero-order chi connectivity index (χ0) is 9.56. The fourth-order valence-electron chi connectivity index (χ4n) is 0.569. The molecule has 3 heteroatoms. The summed E-state index contributed by atoms with van der Waals surface area (Å²) in [5.74, 6) is 2.95. The minimum Gasteiger partial charge on any atom is -0.248 e. The zero-order valence-corrected chi connectivity index (χ0v) is 9.19. The average Bonchev–Trinajstić information content (AvgIpc) is 1.96. The largest absolute Gasteiger partial charge is 0.248 e. The van der Waals surface area contributed by atoms with E-state index in [-0.39, 0.29) is 0 Å². The Kier molecular flexibility index (Phi) is 6.07. The van der Waals surface area contributed by atoms with E-state index in [4.69, 9.17) is 0 Å². The van der Waals surface area contributed by atoms with Crippen LogP contribution in [0.3, 0.4) is 0 Å². The molecule has 0 saturated heterocycles. The van der Waals surface area contributed by atoms with Gasteiger partial charge in [-0.25, -0.2) is 9.39 Å². The average molecular weight is 186 g/mol. The molecule has 12 heavy (non-hydrogen) atoms. The van der Waals surface area contributed by atoms with Crippen molar-refractivity contribution in [2.45, 2.75) is 27.7 Å². The van der Waals surface area contributed by atoms with Crippen molar-refractivity contribution in [3.05, 3.63) is 0 Å². The quantitative estimate of drug-likeness (QED) is 0.376. The number of hydrogen-bond donors (Lipinski definition) is 0. The fourth-order valence-corrected chi connectivity index (χ4v) is 1.34. The minimum atomic E-state index is 0.377. The van der Waals surface area contributed by atoms with Gasteiger partial charge in [0.25, 0.3) is 0 Å². The molecule has 0 radical (unpaired) electrons. The summed E-state index contributed by atoms with van der Waals surface area (Å²) in [5, 5.41) is 0. The van der Waals surface area contributed by atoms with E-state index < -0.39 is 0 Å². The van der Waals surface area contributed by atoms with Crippen LogP contribution in [0.2, 0.25) is 0 Å². The Labute approximate surface area is 79.7 Å². The van der Waals surface area contributed by atoms with Crippen molar-refractivity contribution in [1.29, 1.82) is 0 Å². The summed E-state index contributed by atoms with van der Waals surface area (Å²) in [6, 6.07) is 0. The first-order valence-electron chi connectivity index (χ1n) is 4.24. The molecule has 0 aliphatic heterocycles. The molecule has 2 nitrogen and oxygen atoms in total. The summed E-state index contributed by atoms with van der Waals surface area (Å²) < 4.78 is 4.29. The molecule has 0 bridgehead atoms. The molecule has 0 unspecified atom stereocenters. The van der Waals surface area contributed by atoms with E-state index in [1.807, 2.05) is 0 Å². The summed E-state index contributed by atoms with van der Waals surface area (Å²) in [5.41, 5.74) is 0. The topological polar surface area (TPSA) is 24.7 Å². The second kappa shape index (κ2) is 6.23. The lowest BCUT2D eigenvalue weighted by molar-refractivity contribution is 0.750. The molecular formula is C9H18N2S. The minimum absolute atomic E-state index is 0.377. The van der Waals surface area contributed by atoms with Gasteiger partial charge in [-0.05, 0) is 24.6 Å². The molecule has 0 heterocycles. The van der Waals surface area contributed by atoms with Gasteiger partial charge in [0.2, 0.25) is 0 Å². The van der Waals surface area contributed by atoms with E-state index in [1.165, 1.54) is 0 Å². The first-order chi connectivity index (χ1) is 5.57. The fraction of sp³-hybridized carbons (Fsp3) is 0.778. The SMILES string of the molecule is C=NC(=NSCC(C)C)C(C)C. The van der Waals surface area contributed by atoms with E-state index in [0.29, 0.717) is 11.8 Å². The Hall–Kier alpha value is -0.310. The first-order valence-corrected chi connectivity index (χ1v) is 5.18. The van der Waals surface area contributed by atoms with Gasteiger partial charge in [-0.3, -0.25) is 0 Å². The number of nitrogens with zero attached hydrogens (tertiary/aromatic N) is 2. The van der Waals surface area contributed by atoms with Crippen LogP contribution in [0.5, 0.6) is 0 Å². The third-order valence-electron chi connectivity index (χ3n) is 1.24. The van der Waals surface area contributed by atoms with Crippen molar-refractivity contribution in [3.8, 4) is 0 Å². The predicted molar refractivity (Wildman–Crippen MR) is 59.1 cm³/mol. The smallest absolute Gasteiger partial charge is 0.138 e. The molecule has 0 aliphatic rings. The van der Waals surface area contributed by atoms with Crippen LogP contribution in [0.1, 0.15) is 27.7 Å². The van der Waals surface area contributed by atoms with Crippen LogP contribution < -0.4 is 0 Å². The van der Waals surface area contributed by atoms with Gasteiger partial charge >= 0.3 is 0 Å². The molecular weight excluding hydrogens is 168 g/mol. The van der Waals surface area contributed by atoms with Crippen LogP contribution in [-0.4, -0.2) is 18.3 Å². The van der Waals surface area contributed by atoms with Crippen LogP contribution in [-0.2, 0) is 0 Å². The molecule has 70 valence electrons. The molecule has 0 spiro atoms. The third kappa shape index (κ3) is 5.35. The van der Waals surface area contributed by atoms with Crippen LogP contribution in [0, 0.1) is 11.8 Å².